The van der Waals surface area contributed by atoms with Crippen LogP contribution in [0.3, 0.4) is 0 Å². The van der Waals surface area contributed by atoms with Crippen molar-refractivity contribution in [1.29, 1.82) is 0 Å². The van der Waals surface area contributed by atoms with E-state index in [-0.39, 0.29) is 23.9 Å². The van der Waals surface area contributed by atoms with E-state index in [1.807, 2.05) is 13.0 Å². The molecule has 0 aliphatic carbocycles. The van der Waals surface area contributed by atoms with Crippen LogP contribution in [0, 0.1) is 5.82 Å². The summed E-state index contributed by atoms with van der Waals surface area (Å²) in [6.07, 6.45) is 3.81. The van der Waals surface area contributed by atoms with Crippen molar-refractivity contribution < 1.29 is 17.9 Å². The summed E-state index contributed by atoms with van der Waals surface area (Å²) in [7, 11) is 0. The van der Waals surface area contributed by atoms with Crippen molar-refractivity contribution in [2.75, 3.05) is 26.2 Å². The number of hydrogen-bond acceptors (Lipinski definition) is 3. The molecule has 0 saturated carbocycles. The number of piperidine rings is 1. The Morgan fingerprint density at radius 1 is 1.41 bits per heavy atom. The van der Waals surface area contributed by atoms with Crippen LogP contribution in [0.1, 0.15) is 25.3 Å². The molecule has 8 heteroatoms. The molecular weight excluding hydrogens is 357 g/mol. The number of ether oxygens (including phenoxy) is 1. The third kappa shape index (κ3) is 6.78. The summed E-state index contributed by atoms with van der Waals surface area (Å²) in [5.74, 6) is -0.279. The molecule has 1 aromatic rings. The molecule has 1 aliphatic heterocycles. The summed E-state index contributed by atoms with van der Waals surface area (Å²) in [6, 6.07) is 4.11. The minimum atomic E-state index is -3.01. The second kappa shape index (κ2) is 10.8. The molecule has 1 saturated heterocycles. The fourth-order valence-electron chi connectivity index (χ4n) is 3.01. The van der Waals surface area contributed by atoms with Crippen LogP contribution in [0.25, 0.3) is 0 Å². The van der Waals surface area contributed by atoms with Crippen molar-refractivity contribution in [1.82, 2.24) is 15.5 Å². The first kappa shape index (κ1) is 21.1. The Labute approximate surface area is 158 Å². The summed E-state index contributed by atoms with van der Waals surface area (Å²) < 4.78 is 43.5. The average Bonchev–Trinajstić information content (AvgIpc) is 2.62. The van der Waals surface area contributed by atoms with Crippen LogP contribution in [0.5, 0.6) is 5.75 Å². The number of nitrogens with one attached hydrogen (secondary N) is 2. The van der Waals surface area contributed by atoms with Gasteiger partial charge in [-0.1, -0.05) is 12.1 Å². The van der Waals surface area contributed by atoms with Gasteiger partial charge in [-0.05, 0) is 31.9 Å². The smallest absolute Gasteiger partial charge is 0.387 e. The number of likely N-dealkylation sites (tertiary alicyclic amines) is 1. The number of halogens is 3. The lowest BCUT2D eigenvalue weighted by molar-refractivity contribution is -0.0506. The molecule has 0 amide bonds. The second-order valence-electron chi connectivity index (χ2n) is 6.30. The van der Waals surface area contributed by atoms with Gasteiger partial charge in [0, 0.05) is 32.2 Å². The van der Waals surface area contributed by atoms with E-state index in [0.29, 0.717) is 12.5 Å². The van der Waals surface area contributed by atoms with Gasteiger partial charge in [0.05, 0.1) is 12.1 Å². The average molecular weight is 384 g/mol. The number of hydrogen-bond donors (Lipinski definition) is 2. The molecule has 1 fully saturated rings. The van der Waals surface area contributed by atoms with Gasteiger partial charge in [0.2, 0.25) is 0 Å². The van der Waals surface area contributed by atoms with E-state index in [4.69, 9.17) is 0 Å². The minimum absolute atomic E-state index is 0.0100. The predicted octanol–water partition coefficient (Wildman–Crippen LogP) is 3.13. The summed E-state index contributed by atoms with van der Waals surface area (Å²) >= 11 is 0. The molecule has 150 valence electrons. The molecule has 1 aliphatic rings. The lowest BCUT2D eigenvalue weighted by Crippen LogP contribution is -2.48. The third-order valence-corrected chi connectivity index (χ3v) is 4.35. The standard InChI is InChI=1S/C19H27F3N4O/c1-3-10-26-11-8-14(9-12-26)25-19(23-4-2)24-13-15-16(20)6-5-7-17(15)27-18(21)22/h3,5-7,14,18H,1,4,8-13H2,2H3,(H2,23,24,25). The number of rotatable bonds is 8. The van der Waals surface area contributed by atoms with E-state index in [9.17, 15) is 13.2 Å². The van der Waals surface area contributed by atoms with E-state index < -0.39 is 12.4 Å². The van der Waals surface area contributed by atoms with Gasteiger partial charge in [-0.15, -0.1) is 6.58 Å². The van der Waals surface area contributed by atoms with Gasteiger partial charge in [0.1, 0.15) is 11.6 Å². The van der Waals surface area contributed by atoms with E-state index in [0.717, 1.165) is 32.5 Å². The van der Waals surface area contributed by atoms with Gasteiger partial charge in [-0.2, -0.15) is 8.78 Å². The van der Waals surface area contributed by atoms with Crippen molar-refractivity contribution in [3.8, 4) is 5.75 Å². The molecule has 0 unspecified atom stereocenters. The highest BCUT2D eigenvalue weighted by Gasteiger charge is 2.19. The Morgan fingerprint density at radius 3 is 2.78 bits per heavy atom. The zero-order valence-electron chi connectivity index (χ0n) is 15.6. The molecule has 0 bridgehead atoms. The van der Waals surface area contributed by atoms with E-state index >= 15 is 0 Å². The molecule has 0 radical (unpaired) electrons. The summed E-state index contributed by atoms with van der Waals surface area (Å²) in [5, 5.41) is 6.46. The summed E-state index contributed by atoms with van der Waals surface area (Å²) in [6.45, 7) is 6.01. The topological polar surface area (TPSA) is 48.9 Å². The number of benzene rings is 1. The summed E-state index contributed by atoms with van der Waals surface area (Å²) in [5.41, 5.74) is 0.0100. The first-order chi connectivity index (χ1) is 13.0. The van der Waals surface area contributed by atoms with Gasteiger partial charge in [-0.3, -0.25) is 4.90 Å². The van der Waals surface area contributed by atoms with E-state index in [1.165, 1.54) is 18.2 Å². The zero-order valence-corrected chi connectivity index (χ0v) is 15.6. The molecule has 5 nitrogen and oxygen atoms in total. The maximum atomic E-state index is 14.1. The molecular formula is C19H27F3N4O. The Kier molecular flexibility index (Phi) is 8.44. The van der Waals surface area contributed by atoms with Crippen molar-refractivity contribution in [3.63, 3.8) is 0 Å². The van der Waals surface area contributed by atoms with Crippen LogP contribution < -0.4 is 15.4 Å². The first-order valence-corrected chi connectivity index (χ1v) is 9.13. The molecule has 0 aromatic heterocycles. The quantitative estimate of drug-likeness (QED) is 0.411. The molecule has 2 rings (SSSR count). The predicted molar refractivity (Wildman–Crippen MR) is 101 cm³/mol. The van der Waals surface area contributed by atoms with Crippen LogP contribution in [0.15, 0.2) is 35.8 Å². The minimum Gasteiger partial charge on any atom is -0.434 e. The van der Waals surface area contributed by atoms with Gasteiger partial charge < -0.3 is 15.4 Å². The number of nitrogens with zero attached hydrogens (tertiary/aromatic N) is 2. The highest BCUT2D eigenvalue weighted by atomic mass is 19.3. The van der Waals surface area contributed by atoms with Crippen LogP contribution in [0.2, 0.25) is 0 Å². The van der Waals surface area contributed by atoms with Crippen molar-refractivity contribution in [3.05, 3.63) is 42.2 Å². The zero-order chi connectivity index (χ0) is 19.6. The van der Waals surface area contributed by atoms with Crippen LogP contribution >= 0.6 is 0 Å². The molecule has 0 spiro atoms. The fourth-order valence-corrected chi connectivity index (χ4v) is 3.01. The van der Waals surface area contributed by atoms with Crippen LogP contribution in [-0.2, 0) is 6.54 Å². The second-order valence-corrected chi connectivity index (χ2v) is 6.30. The molecule has 0 atom stereocenters. The Bertz CT molecular complexity index is 631. The number of aliphatic imine (C=N–C) groups is 1. The van der Waals surface area contributed by atoms with E-state index in [2.05, 4.69) is 31.8 Å². The lowest BCUT2D eigenvalue weighted by atomic mass is 10.1. The van der Waals surface area contributed by atoms with Crippen molar-refractivity contribution in [2.45, 2.75) is 39.0 Å². The highest BCUT2D eigenvalue weighted by Crippen LogP contribution is 2.24. The van der Waals surface area contributed by atoms with Gasteiger partial charge in [0.15, 0.2) is 5.96 Å². The Hall–Kier alpha value is -2.22. The van der Waals surface area contributed by atoms with Gasteiger partial charge >= 0.3 is 6.61 Å². The normalized spacial score (nSPS) is 16.4. The van der Waals surface area contributed by atoms with E-state index in [1.54, 1.807) is 0 Å². The molecule has 1 heterocycles. The molecule has 1 aromatic carbocycles. The third-order valence-electron chi connectivity index (χ3n) is 4.35. The molecule has 27 heavy (non-hydrogen) atoms. The van der Waals surface area contributed by atoms with Gasteiger partial charge in [0.25, 0.3) is 0 Å². The fraction of sp³-hybridized carbons (Fsp3) is 0.526. The monoisotopic (exact) mass is 384 g/mol. The van der Waals surface area contributed by atoms with Gasteiger partial charge in [-0.25, -0.2) is 9.38 Å². The van der Waals surface area contributed by atoms with Crippen LogP contribution in [-0.4, -0.2) is 49.7 Å². The maximum Gasteiger partial charge on any atom is 0.387 e. The first-order valence-electron chi connectivity index (χ1n) is 9.13. The number of guanidine groups is 1. The highest BCUT2D eigenvalue weighted by molar-refractivity contribution is 5.80. The maximum absolute atomic E-state index is 14.1. The Balaban J connectivity index is 2.03. The number of alkyl halides is 2. The van der Waals surface area contributed by atoms with Crippen LogP contribution in [0.4, 0.5) is 13.2 Å². The van der Waals surface area contributed by atoms with Crippen molar-refractivity contribution >= 4 is 5.96 Å². The SMILES string of the molecule is C=CCN1CCC(NC(=NCc2c(F)cccc2OC(F)F)NCC)CC1. The summed E-state index contributed by atoms with van der Waals surface area (Å²) in [4.78, 5) is 6.68. The molecule has 2 N–H and O–H groups in total. The van der Waals surface area contributed by atoms with Crippen molar-refractivity contribution in [2.24, 2.45) is 4.99 Å². The lowest BCUT2D eigenvalue weighted by Gasteiger charge is -2.32. The largest absolute Gasteiger partial charge is 0.434 e. The Morgan fingerprint density at radius 2 is 2.15 bits per heavy atom.